The first-order chi connectivity index (χ1) is 24.7. The van der Waals surface area contributed by atoms with E-state index in [1.54, 1.807) is 11.3 Å². The van der Waals surface area contributed by atoms with Gasteiger partial charge in [-0.25, -0.2) is 24.9 Å². The van der Waals surface area contributed by atoms with Gasteiger partial charge in [-0.2, -0.15) is 0 Å². The minimum absolute atomic E-state index is 0.586. The number of rotatable bonds is 5. The molecule has 4 aromatic heterocycles. The molecule has 0 N–H and O–H groups in total. The smallest absolute Gasteiger partial charge is 0.164 e. The number of para-hydroxylation sites is 1. The van der Waals surface area contributed by atoms with Crippen molar-refractivity contribution in [1.82, 2.24) is 24.9 Å². The molecule has 50 heavy (non-hydrogen) atoms. The van der Waals surface area contributed by atoms with Gasteiger partial charge < -0.3 is 4.42 Å². The van der Waals surface area contributed by atoms with E-state index in [2.05, 4.69) is 78.9 Å². The van der Waals surface area contributed by atoms with Gasteiger partial charge in [0.15, 0.2) is 23.3 Å². The van der Waals surface area contributed by atoms with Gasteiger partial charge in [0.1, 0.15) is 11.2 Å². The molecule has 4 heterocycles. The van der Waals surface area contributed by atoms with Gasteiger partial charge in [0, 0.05) is 54.9 Å². The van der Waals surface area contributed by atoms with E-state index < -0.39 is 0 Å². The maximum absolute atomic E-state index is 6.67. The van der Waals surface area contributed by atoms with Crippen molar-refractivity contribution in [1.29, 1.82) is 0 Å². The molecule has 6 aromatic carbocycles. The summed E-state index contributed by atoms with van der Waals surface area (Å²) in [5, 5.41) is 3.23. The Hall–Kier alpha value is -6.57. The van der Waals surface area contributed by atoms with Crippen LogP contribution in [0.1, 0.15) is 0 Å². The van der Waals surface area contributed by atoms with Crippen LogP contribution in [-0.4, -0.2) is 24.9 Å². The number of hydrogen-bond acceptors (Lipinski definition) is 7. The third-order valence-electron chi connectivity index (χ3n) is 9.01. The molecule has 0 aliphatic rings. The van der Waals surface area contributed by atoms with Crippen molar-refractivity contribution in [3.63, 3.8) is 0 Å². The van der Waals surface area contributed by atoms with E-state index in [4.69, 9.17) is 29.3 Å². The molecule has 0 spiro atoms. The Balaban J connectivity index is 1.07. The number of hydrogen-bond donors (Lipinski definition) is 0. The maximum Gasteiger partial charge on any atom is 0.164 e. The summed E-state index contributed by atoms with van der Waals surface area (Å²) < 4.78 is 8.97. The fourth-order valence-corrected chi connectivity index (χ4v) is 7.59. The van der Waals surface area contributed by atoms with E-state index in [9.17, 15) is 0 Å². The van der Waals surface area contributed by atoms with Crippen molar-refractivity contribution in [2.24, 2.45) is 0 Å². The first-order valence-electron chi connectivity index (χ1n) is 16.3. The summed E-state index contributed by atoms with van der Waals surface area (Å²) in [4.78, 5) is 24.5. The lowest BCUT2D eigenvalue weighted by Crippen LogP contribution is -2.00. The Morgan fingerprint density at radius 2 is 1.04 bits per heavy atom. The van der Waals surface area contributed by atoms with Crippen LogP contribution in [0, 0.1) is 0 Å². The molecule has 10 rings (SSSR count). The van der Waals surface area contributed by atoms with Crippen LogP contribution in [0.25, 0.3) is 98.9 Å². The van der Waals surface area contributed by atoms with Crippen LogP contribution in [0.2, 0.25) is 0 Å². The molecule has 0 unspecified atom stereocenters. The lowest BCUT2D eigenvalue weighted by Gasteiger charge is -2.08. The quantitative estimate of drug-likeness (QED) is 0.183. The Bertz CT molecular complexity index is 2820. The molecular formula is C43H25N5OS. The number of thiophene rings is 1. The third-order valence-corrected chi connectivity index (χ3v) is 10.1. The van der Waals surface area contributed by atoms with Crippen molar-refractivity contribution in [2.45, 2.75) is 0 Å². The Labute approximate surface area is 290 Å². The summed E-state index contributed by atoms with van der Waals surface area (Å²) in [6, 6.07) is 49.2. The van der Waals surface area contributed by atoms with E-state index in [1.165, 1.54) is 4.70 Å². The topological polar surface area (TPSA) is 77.6 Å². The van der Waals surface area contributed by atoms with Crippen molar-refractivity contribution >= 4 is 53.6 Å². The number of fused-ring (bicyclic) bond motifs is 6. The Morgan fingerprint density at radius 1 is 0.420 bits per heavy atom. The van der Waals surface area contributed by atoms with Gasteiger partial charge >= 0.3 is 0 Å². The lowest BCUT2D eigenvalue weighted by molar-refractivity contribution is 0.670. The summed E-state index contributed by atoms with van der Waals surface area (Å²) in [5.41, 5.74) is 8.27. The summed E-state index contributed by atoms with van der Waals surface area (Å²) in [6.45, 7) is 0. The van der Waals surface area contributed by atoms with Crippen molar-refractivity contribution < 1.29 is 4.42 Å². The molecular weight excluding hydrogens is 635 g/mol. The second-order valence-corrected chi connectivity index (χ2v) is 13.2. The molecule has 0 amide bonds. The highest BCUT2D eigenvalue weighted by Crippen LogP contribution is 2.39. The molecule has 7 heteroatoms. The van der Waals surface area contributed by atoms with Crippen LogP contribution in [0.4, 0.5) is 0 Å². The minimum atomic E-state index is 0.586. The first kappa shape index (κ1) is 28.4. The highest BCUT2D eigenvalue weighted by atomic mass is 32.1. The molecule has 0 aliphatic heterocycles. The second-order valence-electron chi connectivity index (χ2n) is 12.1. The number of nitrogens with zero attached hydrogens (tertiary/aromatic N) is 5. The highest BCUT2D eigenvalue weighted by molar-refractivity contribution is 7.25. The molecule has 0 saturated carbocycles. The molecule has 0 atom stereocenters. The largest absolute Gasteiger partial charge is 0.455 e. The van der Waals surface area contributed by atoms with E-state index in [1.807, 2.05) is 72.9 Å². The third kappa shape index (κ3) is 4.83. The highest BCUT2D eigenvalue weighted by Gasteiger charge is 2.17. The number of furan rings is 1. The summed E-state index contributed by atoms with van der Waals surface area (Å²) in [7, 11) is 0. The van der Waals surface area contributed by atoms with Gasteiger partial charge in [-0.15, -0.1) is 11.3 Å². The number of benzene rings is 6. The van der Waals surface area contributed by atoms with Gasteiger partial charge in [0.05, 0.1) is 10.2 Å². The fraction of sp³-hybridized carbons (Fsp3) is 0. The molecule has 234 valence electrons. The summed E-state index contributed by atoms with van der Waals surface area (Å²) >= 11 is 1.72. The molecule has 10 aromatic rings. The standard InChI is InChI=1S/C43H25N5OS/c1-3-11-26(12-4-1)41-46-42(27-13-5-2-6-14-27)48-43(47-41)30-21-22-32-33-19-10-18-31(39(33)49-35(32)24-30)28-15-9-16-29(23-28)40-44-25-37-38(45-40)34-17-7-8-20-36(34)50-37/h1-25H. The predicted molar refractivity (Wildman–Crippen MR) is 203 cm³/mol. The monoisotopic (exact) mass is 659 g/mol. The lowest BCUT2D eigenvalue weighted by atomic mass is 10.00. The average Bonchev–Trinajstić information content (AvgIpc) is 3.76. The van der Waals surface area contributed by atoms with Crippen LogP contribution in [-0.2, 0) is 0 Å². The van der Waals surface area contributed by atoms with Crippen molar-refractivity contribution in [3.05, 3.63) is 152 Å². The molecule has 0 fully saturated rings. The SMILES string of the molecule is c1ccc(-c2nc(-c3ccccc3)nc(-c3ccc4c(c3)oc3c(-c5cccc(-c6ncc7sc8ccccc8c7n6)c5)cccc34)n2)cc1. The van der Waals surface area contributed by atoms with Crippen LogP contribution >= 0.6 is 11.3 Å². The fourth-order valence-electron chi connectivity index (χ4n) is 6.58. The Kier molecular flexibility index (Phi) is 6.57. The molecule has 6 nitrogen and oxygen atoms in total. The maximum atomic E-state index is 6.67. The summed E-state index contributed by atoms with van der Waals surface area (Å²) in [5.74, 6) is 2.53. The van der Waals surface area contributed by atoms with Gasteiger partial charge in [-0.05, 0) is 29.8 Å². The van der Waals surface area contributed by atoms with E-state index in [0.717, 1.165) is 70.9 Å². The zero-order valence-corrected chi connectivity index (χ0v) is 27.3. The van der Waals surface area contributed by atoms with Crippen molar-refractivity contribution in [3.8, 4) is 56.7 Å². The average molecular weight is 660 g/mol. The van der Waals surface area contributed by atoms with Gasteiger partial charge in [-0.3, -0.25) is 0 Å². The van der Waals surface area contributed by atoms with Crippen LogP contribution in [0.3, 0.4) is 0 Å². The molecule has 0 radical (unpaired) electrons. The van der Waals surface area contributed by atoms with E-state index in [-0.39, 0.29) is 0 Å². The van der Waals surface area contributed by atoms with E-state index >= 15 is 0 Å². The van der Waals surface area contributed by atoms with Crippen LogP contribution < -0.4 is 0 Å². The number of aromatic nitrogens is 5. The molecule has 0 aliphatic carbocycles. The molecule has 0 bridgehead atoms. The van der Waals surface area contributed by atoms with Gasteiger partial charge in [-0.1, -0.05) is 121 Å². The summed E-state index contributed by atoms with van der Waals surface area (Å²) in [6.07, 6.45) is 1.94. The van der Waals surface area contributed by atoms with Crippen molar-refractivity contribution in [2.75, 3.05) is 0 Å². The zero-order chi connectivity index (χ0) is 33.0. The van der Waals surface area contributed by atoms with E-state index in [0.29, 0.717) is 23.3 Å². The molecule has 0 saturated heterocycles. The first-order valence-corrected chi connectivity index (χ1v) is 17.1. The van der Waals surface area contributed by atoms with Crippen LogP contribution in [0.5, 0.6) is 0 Å². The van der Waals surface area contributed by atoms with Gasteiger partial charge in [0.2, 0.25) is 0 Å². The van der Waals surface area contributed by atoms with Gasteiger partial charge in [0.25, 0.3) is 0 Å². The van der Waals surface area contributed by atoms with Crippen LogP contribution in [0.15, 0.2) is 156 Å². The normalized spacial score (nSPS) is 11.6. The predicted octanol–water partition coefficient (Wildman–Crippen LogP) is 11.3. The minimum Gasteiger partial charge on any atom is -0.455 e. The zero-order valence-electron chi connectivity index (χ0n) is 26.5. The second kappa shape index (κ2) is 11.5. The Morgan fingerprint density at radius 3 is 1.82 bits per heavy atom.